The molecule has 0 saturated heterocycles. The van der Waals surface area contributed by atoms with Gasteiger partial charge in [-0.05, 0) is 47.3 Å². The van der Waals surface area contributed by atoms with Crippen LogP contribution in [0, 0.1) is 17.5 Å². The molecule has 0 radical (unpaired) electrons. The van der Waals surface area contributed by atoms with Gasteiger partial charge in [0.2, 0.25) is 0 Å². The molecule has 0 bridgehead atoms. The van der Waals surface area contributed by atoms with E-state index < -0.39 is 11.6 Å². The average Bonchev–Trinajstić information content (AvgIpc) is 2.86. The molecule has 106 valence electrons. The molecule has 0 aliphatic rings. The second-order valence-electron chi connectivity index (χ2n) is 4.64. The Morgan fingerprint density at radius 3 is 2.52 bits per heavy atom. The third-order valence-corrected chi connectivity index (χ3v) is 4.26. The van der Waals surface area contributed by atoms with Gasteiger partial charge in [0.25, 0.3) is 0 Å². The van der Waals surface area contributed by atoms with Crippen LogP contribution in [0.3, 0.4) is 0 Å². The van der Waals surface area contributed by atoms with Crippen LogP contribution in [-0.2, 0) is 6.42 Å². The smallest absolute Gasteiger partial charge is 0.177 e. The minimum Gasteiger partial charge on any atom is -0.293 e. The van der Waals surface area contributed by atoms with Crippen molar-refractivity contribution in [2.75, 3.05) is 0 Å². The first-order valence-electron chi connectivity index (χ1n) is 6.19. The van der Waals surface area contributed by atoms with Gasteiger partial charge in [0, 0.05) is 11.1 Å². The Morgan fingerprint density at radius 2 is 1.76 bits per heavy atom. The van der Waals surface area contributed by atoms with Crippen LogP contribution in [0.5, 0.6) is 0 Å². The highest BCUT2D eigenvalue weighted by Gasteiger charge is 2.13. The Hall–Kier alpha value is -2.14. The van der Waals surface area contributed by atoms with E-state index in [4.69, 9.17) is 0 Å². The van der Waals surface area contributed by atoms with Crippen molar-refractivity contribution in [1.29, 1.82) is 0 Å². The number of thiophene rings is 1. The zero-order valence-electron chi connectivity index (χ0n) is 10.7. The number of hydrogen-bond donors (Lipinski definition) is 0. The van der Waals surface area contributed by atoms with Crippen LogP contribution in [0.15, 0.2) is 42.5 Å². The molecule has 3 aromatic rings. The second-order valence-corrected chi connectivity index (χ2v) is 5.72. The van der Waals surface area contributed by atoms with Crippen molar-refractivity contribution in [3.8, 4) is 0 Å². The summed E-state index contributed by atoms with van der Waals surface area (Å²) in [5, 5.41) is 0.661. The molecule has 0 unspecified atom stereocenters. The Morgan fingerprint density at radius 1 is 0.952 bits per heavy atom. The second kappa shape index (κ2) is 5.33. The molecule has 1 aromatic heterocycles. The standard InChI is InChI=1S/C16H9F3OS/c17-11-2-4-15-10(7-11)8-16(21-15)14(20)6-9-1-3-12(18)13(19)5-9/h1-5,7-8H,6H2. The van der Waals surface area contributed by atoms with Crippen LogP contribution in [0.25, 0.3) is 10.1 Å². The first kappa shape index (κ1) is 13.8. The SMILES string of the molecule is O=C(Cc1ccc(F)c(F)c1)c1cc2cc(F)ccc2s1. The van der Waals surface area contributed by atoms with E-state index in [0.29, 0.717) is 15.8 Å². The average molecular weight is 306 g/mol. The van der Waals surface area contributed by atoms with Crippen LogP contribution < -0.4 is 0 Å². The predicted molar refractivity (Wildman–Crippen MR) is 76.2 cm³/mol. The molecular weight excluding hydrogens is 297 g/mol. The third kappa shape index (κ3) is 2.83. The summed E-state index contributed by atoms with van der Waals surface area (Å²) in [5.41, 5.74) is 0.405. The summed E-state index contributed by atoms with van der Waals surface area (Å²) in [6, 6.07) is 9.32. The van der Waals surface area contributed by atoms with Crippen molar-refractivity contribution in [1.82, 2.24) is 0 Å². The zero-order valence-corrected chi connectivity index (χ0v) is 11.5. The number of carbonyl (C=O) groups is 1. The quantitative estimate of drug-likeness (QED) is 0.639. The summed E-state index contributed by atoms with van der Waals surface area (Å²) in [6.07, 6.45) is -0.0213. The molecule has 5 heteroatoms. The molecule has 0 aliphatic carbocycles. The molecule has 0 fully saturated rings. The fraction of sp³-hybridized carbons (Fsp3) is 0.0625. The van der Waals surface area contributed by atoms with Crippen molar-refractivity contribution < 1.29 is 18.0 Å². The number of carbonyl (C=O) groups excluding carboxylic acids is 1. The monoisotopic (exact) mass is 306 g/mol. The molecule has 0 saturated carbocycles. The normalized spacial score (nSPS) is 11.0. The predicted octanol–water partition coefficient (Wildman–Crippen LogP) is 4.74. The summed E-state index contributed by atoms with van der Waals surface area (Å²) >= 11 is 1.26. The maximum absolute atomic E-state index is 13.1. The molecule has 1 heterocycles. The van der Waals surface area contributed by atoms with E-state index in [0.717, 1.165) is 16.8 Å². The topological polar surface area (TPSA) is 17.1 Å². The minimum absolute atomic E-state index is 0.0213. The van der Waals surface area contributed by atoms with Crippen molar-refractivity contribution >= 4 is 27.2 Å². The molecule has 0 N–H and O–H groups in total. The van der Waals surface area contributed by atoms with Gasteiger partial charge in [-0.15, -0.1) is 11.3 Å². The van der Waals surface area contributed by atoms with Gasteiger partial charge in [0.05, 0.1) is 4.88 Å². The molecule has 0 amide bonds. The van der Waals surface area contributed by atoms with Crippen LogP contribution in [-0.4, -0.2) is 5.78 Å². The van der Waals surface area contributed by atoms with Gasteiger partial charge in [-0.2, -0.15) is 0 Å². The lowest BCUT2D eigenvalue weighted by atomic mass is 10.1. The minimum atomic E-state index is -0.973. The molecule has 0 spiro atoms. The molecule has 3 rings (SSSR count). The van der Waals surface area contributed by atoms with Gasteiger partial charge in [-0.3, -0.25) is 4.79 Å². The third-order valence-electron chi connectivity index (χ3n) is 3.10. The molecule has 0 aliphatic heterocycles. The van der Waals surface area contributed by atoms with Gasteiger partial charge in [-0.25, -0.2) is 13.2 Å². The Kier molecular flexibility index (Phi) is 3.51. The summed E-state index contributed by atoms with van der Waals surface area (Å²) in [6.45, 7) is 0. The zero-order chi connectivity index (χ0) is 15.0. The van der Waals surface area contributed by atoms with Gasteiger partial charge >= 0.3 is 0 Å². The van der Waals surface area contributed by atoms with Crippen LogP contribution in [0.1, 0.15) is 15.2 Å². The number of halogens is 3. The maximum atomic E-state index is 13.1. The highest BCUT2D eigenvalue weighted by molar-refractivity contribution is 7.20. The number of ketones is 1. The molecule has 1 nitrogen and oxygen atoms in total. The van der Waals surface area contributed by atoms with E-state index in [1.807, 2.05) is 0 Å². The van der Waals surface area contributed by atoms with Gasteiger partial charge in [-0.1, -0.05) is 6.07 Å². The van der Waals surface area contributed by atoms with Crippen molar-refractivity contribution in [3.05, 3.63) is 70.4 Å². The summed E-state index contributed by atoms with van der Waals surface area (Å²) < 4.78 is 39.9. The molecule has 0 atom stereocenters. The first-order valence-corrected chi connectivity index (χ1v) is 7.01. The lowest BCUT2D eigenvalue weighted by Gasteiger charge is -2.00. The fourth-order valence-corrected chi connectivity index (χ4v) is 3.05. The molecule has 2 aromatic carbocycles. The van der Waals surface area contributed by atoms with Crippen molar-refractivity contribution in [2.24, 2.45) is 0 Å². The Bertz CT molecular complexity index is 839. The summed E-state index contributed by atoms with van der Waals surface area (Å²) in [5.74, 6) is -2.48. The van der Waals surface area contributed by atoms with Gasteiger partial charge in [0.1, 0.15) is 5.82 Å². The van der Waals surface area contributed by atoms with Gasteiger partial charge < -0.3 is 0 Å². The van der Waals surface area contributed by atoms with E-state index in [9.17, 15) is 18.0 Å². The van der Waals surface area contributed by atoms with Crippen molar-refractivity contribution in [2.45, 2.75) is 6.42 Å². The number of hydrogen-bond acceptors (Lipinski definition) is 2. The number of rotatable bonds is 3. The maximum Gasteiger partial charge on any atom is 0.177 e. The molecule has 21 heavy (non-hydrogen) atoms. The van der Waals surface area contributed by atoms with Gasteiger partial charge in [0.15, 0.2) is 17.4 Å². The van der Waals surface area contributed by atoms with Crippen LogP contribution in [0.4, 0.5) is 13.2 Å². The Labute approximate surface area is 122 Å². The van der Waals surface area contributed by atoms with Crippen LogP contribution in [0.2, 0.25) is 0 Å². The van der Waals surface area contributed by atoms with E-state index in [1.165, 1.54) is 29.5 Å². The van der Waals surface area contributed by atoms with E-state index in [-0.39, 0.29) is 18.0 Å². The largest absolute Gasteiger partial charge is 0.293 e. The van der Waals surface area contributed by atoms with E-state index in [2.05, 4.69) is 0 Å². The highest BCUT2D eigenvalue weighted by Crippen LogP contribution is 2.27. The lowest BCUT2D eigenvalue weighted by molar-refractivity contribution is 0.0997. The van der Waals surface area contributed by atoms with Crippen molar-refractivity contribution in [3.63, 3.8) is 0 Å². The number of benzene rings is 2. The molecular formula is C16H9F3OS. The lowest BCUT2D eigenvalue weighted by Crippen LogP contribution is -2.02. The first-order chi connectivity index (χ1) is 10.0. The van der Waals surface area contributed by atoms with Crippen LogP contribution >= 0.6 is 11.3 Å². The number of fused-ring (bicyclic) bond motifs is 1. The number of Topliss-reactive ketones (excluding diaryl/α,β-unsaturated/α-hetero) is 1. The van der Waals surface area contributed by atoms with E-state index >= 15 is 0 Å². The van der Waals surface area contributed by atoms with E-state index in [1.54, 1.807) is 12.1 Å². The summed E-state index contributed by atoms with van der Waals surface area (Å²) in [4.78, 5) is 12.6. The fourth-order valence-electron chi connectivity index (χ4n) is 2.07. The highest BCUT2D eigenvalue weighted by atomic mass is 32.1. The Balaban J connectivity index is 1.87. The summed E-state index contributed by atoms with van der Waals surface area (Å²) in [7, 11) is 0.